The third-order valence-corrected chi connectivity index (χ3v) is 7.75. The van der Waals surface area contributed by atoms with Gasteiger partial charge in [0.05, 0.1) is 24.3 Å². The molecule has 11 heteroatoms. The molecule has 1 heterocycles. The number of halogens is 4. The van der Waals surface area contributed by atoms with Crippen molar-refractivity contribution in [1.82, 2.24) is 9.97 Å². The highest BCUT2D eigenvalue weighted by atomic mass is 35.5. The first-order chi connectivity index (χ1) is 16.1. The van der Waals surface area contributed by atoms with Crippen LogP contribution in [0.4, 0.5) is 30.5 Å². The van der Waals surface area contributed by atoms with Gasteiger partial charge in [-0.05, 0) is 62.0 Å². The normalized spacial score (nSPS) is 29.7. The van der Waals surface area contributed by atoms with E-state index in [1.165, 1.54) is 7.11 Å². The van der Waals surface area contributed by atoms with Gasteiger partial charge in [-0.3, -0.25) is 4.79 Å². The number of aliphatic hydroxyl groups is 1. The number of benzene rings is 1. The first-order valence-electron chi connectivity index (χ1n) is 11.1. The lowest BCUT2D eigenvalue weighted by molar-refractivity contribution is -0.158. The zero-order chi connectivity index (χ0) is 24.3. The highest BCUT2D eigenvalue weighted by molar-refractivity contribution is 6.30. The lowest BCUT2D eigenvalue weighted by atomic mass is 9.48. The summed E-state index contributed by atoms with van der Waals surface area (Å²) in [6.45, 7) is 0. The summed E-state index contributed by atoms with van der Waals surface area (Å²) in [7, 11) is 1.44. The summed E-state index contributed by atoms with van der Waals surface area (Å²) in [6, 6.07) is 4.91. The van der Waals surface area contributed by atoms with E-state index in [2.05, 4.69) is 20.6 Å². The number of aromatic nitrogens is 2. The summed E-state index contributed by atoms with van der Waals surface area (Å²) in [6.07, 6.45) is -0.0898. The van der Waals surface area contributed by atoms with Crippen LogP contribution in [0.15, 0.2) is 24.4 Å². The molecule has 0 aliphatic heterocycles. The minimum absolute atomic E-state index is 0.0422. The molecule has 34 heavy (non-hydrogen) atoms. The van der Waals surface area contributed by atoms with Crippen LogP contribution in [-0.2, 0) is 11.0 Å². The van der Waals surface area contributed by atoms with Gasteiger partial charge in [0, 0.05) is 18.0 Å². The summed E-state index contributed by atoms with van der Waals surface area (Å²) in [5, 5.41) is 15.6. The number of rotatable bonds is 5. The molecule has 182 valence electrons. The molecule has 0 radical (unpaired) electrons. The number of methoxy groups -OCH3 is 1. The molecule has 3 N–H and O–H groups in total. The van der Waals surface area contributed by atoms with E-state index < -0.39 is 22.3 Å². The second-order valence-electron chi connectivity index (χ2n) is 9.63. The lowest BCUT2D eigenvalue weighted by Gasteiger charge is -2.57. The van der Waals surface area contributed by atoms with Gasteiger partial charge in [-0.15, -0.1) is 0 Å². The monoisotopic (exact) mass is 496 g/mol. The van der Waals surface area contributed by atoms with Crippen molar-refractivity contribution in [3.05, 3.63) is 35.1 Å². The summed E-state index contributed by atoms with van der Waals surface area (Å²) in [4.78, 5) is 20.7. The van der Waals surface area contributed by atoms with Gasteiger partial charge in [-0.1, -0.05) is 11.6 Å². The molecule has 4 bridgehead atoms. The molecule has 0 spiro atoms. The second-order valence-corrected chi connectivity index (χ2v) is 9.99. The van der Waals surface area contributed by atoms with Crippen LogP contribution < -0.4 is 15.4 Å². The van der Waals surface area contributed by atoms with Crippen LogP contribution in [0.2, 0.25) is 5.15 Å². The molecule has 1 amide bonds. The Morgan fingerprint density at radius 1 is 1.24 bits per heavy atom. The van der Waals surface area contributed by atoms with Crippen LogP contribution >= 0.6 is 11.6 Å². The van der Waals surface area contributed by atoms with Crippen LogP contribution in [0, 0.1) is 23.2 Å². The summed E-state index contributed by atoms with van der Waals surface area (Å²) in [5.41, 5.74) is -0.642. The maximum atomic E-state index is 13.3. The first-order valence-corrected chi connectivity index (χ1v) is 11.5. The number of carbonyl (C=O) groups excluding carboxylic acids is 1. The average Bonchev–Trinajstić information content (AvgIpc) is 2.77. The van der Waals surface area contributed by atoms with Gasteiger partial charge in [0.2, 0.25) is 11.9 Å². The average molecular weight is 497 g/mol. The Kier molecular flexibility index (Phi) is 5.63. The number of ether oxygens (including phenoxy) is 1. The number of hydrogen-bond acceptors (Lipinski definition) is 6. The van der Waals surface area contributed by atoms with Crippen molar-refractivity contribution in [2.45, 2.75) is 44.4 Å². The maximum absolute atomic E-state index is 13.3. The van der Waals surface area contributed by atoms with E-state index in [1.807, 2.05) is 0 Å². The molecular formula is C23H24ClF3N4O3. The van der Waals surface area contributed by atoms with Crippen molar-refractivity contribution in [3.63, 3.8) is 0 Å². The van der Waals surface area contributed by atoms with Crippen LogP contribution in [-0.4, -0.2) is 34.2 Å². The highest BCUT2D eigenvalue weighted by Crippen LogP contribution is 2.60. The number of amides is 1. The second kappa shape index (κ2) is 8.27. The van der Waals surface area contributed by atoms with Crippen molar-refractivity contribution in [1.29, 1.82) is 0 Å². The SMILES string of the molecule is COc1cc(NC(=O)C23CC4CC(C2)C(O)C(C4)C3)ccc1Nc1ncc(C(F)(F)F)c(Cl)n1. The fourth-order valence-electron chi connectivity index (χ4n) is 6.14. The van der Waals surface area contributed by atoms with Crippen LogP contribution in [0.25, 0.3) is 0 Å². The van der Waals surface area contributed by atoms with Gasteiger partial charge >= 0.3 is 6.18 Å². The van der Waals surface area contributed by atoms with Gasteiger partial charge in [-0.25, -0.2) is 9.97 Å². The third kappa shape index (κ3) is 4.07. The van der Waals surface area contributed by atoms with Crippen molar-refractivity contribution >= 4 is 34.8 Å². The zero-order valence-corrected chi connectivity index (χ0v) is 19.1. The molecule has 4 aliphatic rings. The van der Waals surface area contributed by atoms with Gasteiger partial charge < -0.3 is 20.5 Å². The largest absolute Gasteiger partial charge is 0.494 e. The van der Waals surface area contributed by atoms with Gasteiger partial charge in [0.1, 0.15) is 16.5 Å². The summed E-state index contributed by atoms with van der Waals surface area (Å²) >= 11 is 5.67. The molecule has 2 aromatic rings. The standard InChI is InChI=1S/C23H24ClF3N4O3/c1-34-17-6-14(2-3-16(17)30-21-28-10-15(19(24)31-21)23(25,26)27)29-20(33)22-7-11-4-12(8-22)18(32)13(5-11)9-22/h2-3,6,10-13,18,32H,4-5,7-9H2,1H3,(H,29,33)(H,28,30,31). The number of anilines is 3. The van der Waals surface area contributed by atoms with E-state index in [0.29, 0.717) is 42.1 Å². The van der Waals surface area contributed by atoms with Crippen molar-refractivity contribution in [2.75, 3.05) is 17.7 Å². The van der Waals surface area contributed by atoms with Crippen LogP contribution in [0.5, 0.6) is 5.75 Å². The van der Waals surface area contributed by atoms with Gasteiger partial charge in [-0.2, -0.15) is 13.2 Å². The molecule has 4 saturated carbocycles. The molecule has 7 nitrogen and oxygen atoms in total. The topological polar surface area (TPSA) is 96.4 Å². The molecule has 0 saturated heterocycles. The molecular weight excluding hydrogens is 473 g/mol. The molecule has 2 unspecified atom stereocenters. The Balaban J connectivity index is 1.32. The smallest absolute Gasteiger partial charge is 0.420 e. The maximum Gasteiger partial charge on any atom is 0.420 e. The van der Waals surface area contributed by atoms with Crippen molar-refractivity contribution < 1.29 is 27.8 Å². The zero-order valence-electron chi connectivity index (χ0n) is 18.3. The quantitative estimate of drug-likeness (QED) is 0.503. The Hall–Kier alpha value is -2.59. The lowest BCUT2D eigenvalue weighted by Crippen LogP contribution is -2.57. The van der Waals surface area contributed by atoms with Gasteiger partial charge in [0.15, 0.2) is 0 Å². The van der Waals surface area contributed by atoms with E-state index in [1.54, 1.807) is 18.2 Å². The summed E-state index contributed by atoms with van der Waals surface area (Å²) in [5.74, 6) is 1.05. The molecule has 4 fully saturated rings. The van der Waals surface area contributed by atoms with E-state index in [4.69, 9.17) is 16.3 Å². The molecule has 2 atom stereocenters. The highest BCUT2D eigenvalue weighted by Gasteiger charge is 2.58. The Morgan fingerprint density at radius 3 is 2.56 bits per heavy atom. The van der Waals surface area contributed by atoms with Crippen molar-refractivity contribution in [2.24, 2.45) is 23.2 Å². The molecule has 1 aromatic carbocycles. The number of aliphatic hydroxyl groups excluding tert-OH is 1. The Labute approximate surface area is 199 Å². The molecule has 4 aliphatic carbocycles. The van der Waals surface area contributed by atoms with Crippen molar-refractivity contribution in [3.8, 4) is 5.75 Å². The third-order valence-electron chi connectivity index (χ3n) is 7.46. The van der Waals surface area contributed by atoms with Crippen LogP contribution in [0.1, 0.15) is 37.7 Å². The number of hydrogen-bond donors (Lipinski definition) is 3. The first kappa shape index (κ1) is 23.2. The van der Waals surface area contributed by atoms with E-state index in [9.17, 15) is 23.1 Å². The fraction of sp³-hybridized carbons (Fsp3) is 0.522. The minimum Gasteiger partial charge on any atom is -0.494 e. The number of alkyl halides is 3. The Morgan fingerprint density at radius 2 is 1.94 bits per heavy atom. The van der Waals surface area contributed by atoms with E-state index in [-0.39, 0.29) is 29.8 Å². The molecule has 1 aromatic heterocycles. The summed E-state index contributed by atoms with van der Waals surface area (Å²) < 4.78 is 44.0. The van der Waals surface area contributed by atoms with Gasteiger partial charge in [0.25, 0.3) is 0 Å². The number of carbonyl (C=O) groups is 1. The number of nitrogens with zero attached hydrogens (tertiary/aromatic N) is 2. The predicted molar refractivity (Wildman–Crippen MR) is 119 cm³/mol. The van der Waals surface area contributed by atoms with E-state index in [0.717, 1.165) is 19.3 Å². The minimum atomic E-state index is -4.65. The number of nitrogens with one attached hydrogen (secondary N) is 2. The molecule has 6 rings (SSSR count). The fourth-order valence-corrected chi connectivity index (χ4v) is 6.38. The predicted octanol–water partition coefficient (Wildman–Crippen LogP) is 5.03. The van der Waals surface area contributed by atoms with E-state index >= 15 is 0 Å². The Bertz CT molecular complexity index is 1110. The van der Waals surface area contributed by atoms with Crippen LogP contribution in [0.3, 0.4) is 0 Å².